The molecule has 0 radical (unpaired) electrons. The maximum absolute atomic E-state index is 11.1. The third kappa shape index (κ3) is 2.57. The molecule has 0 aliphatic carbocycles. The Bertz CT molecular complexity index is 356. The maximum atomic E-state index is 11.1. The first-order valence-electron chi connectivity index (χ1n) is 4.80. The van der Waals surface area contributed by atoms with Gasteiger partial charge < -0.3 is 9.84 Å². The van der Waals surface area contributed by atoms with Gasteiger partial charge in [0.05, 0.1) is 12.0 Å². The van der Waals surface area contributed by atoms with Crippen LogP contribution in [0.15, 0.2) is 24.3 Å². The van der Waals surface area contributed by atoms with Crippen molar-refractivity contribution in [1.82, 2.24) is 0 Å². The summed E-state index contributed by atoms with van der Waals surface area (Å²) >= 11 is 0. The van der Waals surface area contributed by atoms with Gasteiger partial charge in [0.1, 0.15) is 0 Å². The lowest BCUT2D eigenvalue weighted by Gasteiger charge is -2.20. The zero-order chi connectivity index (χ0) is 11.5. The van der Waals surface area contributed by atoms with Crippen molar-refractivity contribution in [2.24, 2.45) is 0 Å². The molecule has 0 aliphatic heterocycles. The largest absolute Gasteiger partial charge is 0.481 e. The molecule has 0 heterocycles. The van der Waals surface area contributed by atoms with E-state index in [1.165, 1.54) is 0 Å². The fourth-order valence-electron chi connectivity index (χ4n) is 1.34. The van der Waals surface area contributed by atoms with Gasteiger partial charge in [0.2, 0.25) is 0 Å². The Morgan fingerprint density at radius 3 is 2.67 bits per heavy atom. The van der Waals surface area contributed by atoms with Crippen molar-refractivity contribution >= 4 is 5.97 Å². The van der Waals surface area contributed by atoms with Crippen LogP contribution in [-0.4, -0.2) is 18.2 Å². The first-order chi connectivity index (χ1) is 6.98. The third-order valence-electron chi connectivity index (χ3n) is 2.49. The summed E-state index contributed by atoms with van der Waals surface area (Å²) in [6.07, 6.45) is 0. The topological polar surface area (TPSA) is 46.5 Å². The highest BCUT2D eigenvalue weighted by Crippen LogP contribution is 2.24. The molecule has 1 aromatic rings. The van der Waals surface area contributed by atoms with Crippen LogP contribution >= 0.6 is 0 Å². The van der Waals surface area contributed by atoms with E-state index in [0.29, 0.717) is 6.61 Å². The second-order valence-corrected chi connectivity index (χ2v) is 4.06. The van der Waals surface area contributed by atoms with Crippen molar-refractivity contribution in [2.75, 3.05) is 7.11 Å². The monoisotopic (exact) mass is 208 g/mol. The van der Waals surface area contributed by atoms with Crippen molar-refractivity contribution in [2.45, 2.75) is 25.9 Å². The molecular weight excluding hydrogens is 192 g/mol. The highest BCUT2D eigenvalue weighted by molar-refractivity contribution is 5.80. The van der Waals surface area contributed by atoms with E-state index in [1.807, 2.05) is 24.3 Å². The van der Waals surface area contributed by atoms with Crippen molar-refractivity contribution < 1.29 is 14.6 Å². The number of aliphatic carboxylic acids is 1. The molecule has 0 bridgehead atoms. The number of ether oxygens (including phenoxy) is 1. The smallest absolute Gasteiger partial charge is 0.313 e. The molecule has 3 nitrogen and oxygen atoms in total. The number of rotatable bonds is 4. The van der Waals surface area contributed by atoms with E-state index in [2.05, 4.69) is 0 Å². The summed E-state index contributed by atoms with van der Waals surface area (Å²) in [5, 5.41) is 9.08. The fourth-order valence-corrected chi connectivity index (χ4v) is 1.34. The van der Waals surface area contributed by atoms with Gasteiger partial charge in [-0.25, -0.2) is 0 Å². The van der Waals surface area contributed by atoms with E-state index in [0.717, 1.165) is 11.1 Å². The summed E-state index contributed by atoms with van der Waals surface area (Å²) in [4.78, 5) is 11.1. The first-order valence-corrected chi connectivity index (χ1v) is 4.80. The van der Waals surface area contributed by atoms with Gasteiger partial charge in [0, 0.05) is 7.11 Å². The number of carboxylic acid groups (broad SMARTS) is 1. The minimum absolute atomic E-state index is 0.504. The van der Waals surface area contributed by atoms with E-state index < -0.39 is 11.4 Å². The maximum Gasteiger partial charge on any atom is 0.313 e. The lowest BCUT2D eigenvalue weighted by atomic mass is 9.84. The zero-order valence-corrected chi connectivity index (χ0v) is 9.28. The molecule has 1 rings (SSSR count). The standard InChI is InChI=1S/C12H16O3/c1-12(2,11(13)14)10-6-4-5-9(7-10)8-15-3/h4-7H,8H2,1-3H3,(H,13,14). The molecule has 0 fully saturated rings. The average Bonchev–Trinajstić information content (AvgIpc) is 2.18. The van der Waals surface area contributed by atoms with Crippen LogP contribution in [0.5, 0.6) is 0 Å². The molecule has 0 saturated carbocycles. The van der Waals surface area contributed by atoms with Crippen LogP contribution in [0, 0.1) is 0 Å². The first kappa shape index (κ1) is 11.7. The molecular formula is C12H16O3. The second kappa shape index (κ2) is 4.45. The van der Waals surface area contributed by atoms with Gasteiger partial charge >= 0.3 is 5.97 Å². The highest BCUT2D eigenvalue weighted by Gasteiger charge is 2.29. The molecule has 0 aromatic heterocycles. The summed E-state index contributed by atoms with van der Waals surface area (Å²) in [5.74, 6) is -0.822. The molecule has 0 aliphatic rings. The minimum atomic E-state index is -0.857. The molecule has 0 amide bonds. The van der Waals surface area contributed by atoms with Crippen LogP contribution in [0.25, 0.3) is 0 Å². The van der Waals surface area contributed by atoms with E-state index in [-0.39, 0.29) is 0 Å². The third-order valence-corrected chi connectivity index (χ3v) is 2.49. The molecule has 3 heteroatoms. The van der Waals surface area contributed by atoms with Crippen molar-refractivity contribution in [1.29, 1.82) is 0 Å². The van der Waals surface area contributed by atoms with Crippen LogP contribution in [0.3, 0.4) is 0 Å². The van der Waals surface area contributed by atoms with Gasteiger partial charge in [-0.1, -0.05) is 24.3 Å². The average molecular weight is 208 g/mol. The van der Waals surface area contributed by atoms with Gasteiger partial charge in [-0.15, -0.1) is 0 Å². The van der Waals surface area contributed by atoms with Crippen LogP contribution in [0.1, 0.15) is 25.0 Å². The van der Waals surface area contributed by atoms with Crippen LogP contribution in [0.2, 0.25) is 0 Å². The Morgan fingerprint density at radius 1 is 1.47 bits per heavy atom. The van der Waals surface area contributed by atoms with Crippen LogP contribution in [0.4, 0.5) is 0 Å². The lowest BCUT2D eigenvalue weighted by molar-refractivity contribution is -0.142. The van der Waals surface area contributed by atoms with Crippen molar-refractivity contribution in [3.63, 3.8) is 0 Å². The highest BCUT2D eigenvalue weighted by atomic mass is 16.5. The molecule has 1 N–H and O–H groups in total. The molecule has 1 aromatic carbocycles. The van der Waals surface area contributed by atoms with Gasteiger partial charge in [0.15, 0.2) is 0 Å². The summed E-state index contributed by atoms with van der Waals surface area (Å²) < 4.78 is 5.01. The molecule has 0 unspecified atom stereocenters. The Hall–Kier alpha value is -1.35. The van der Waals surface area contributed by atoms with Gasteiger partial charge in [-0.3, -0.25) is 4.79 Å². The van der Waals surface area contributed by atoms with E-state index in [4.69, 9.17) is 9.84 Å². The Kier molecular flexibility index (Phi) is 3.48. The van der Waals surface area contributed by atoms with Crippen LogP contribution in [-0.2, 0) is 21.6 Å². The van der Waals surface area contributed by atoms with Crippen molar-refractivity contribution in [3.8, 4) is 0 Å². The van der Waals surface area contributed by atoms with Crippen LogP contribution < -0.4 is 0 Å². The Labute approximate surface area is 89.7 Å². The molecule has 0 saturated heterocycles. The number of hydrogen-bond acceptors (Lipinski definition) is 2. The predicted octanol–water partition coefficient (Wildman–Crippen LogP) is 2.20. The number of hydrogen-bond donors (Lipinski definition) is 1. The molecule has 0 atom stereocenters. The van der Waals surface area contributed by atoms with E-state index >= 15 is 0 Å². The molecule has 82 valence electrons. The summed E-state index contributed by atoms with van der Waals surface area (Å²) in [7, 11) is 1.62. The molecule has 15 heavy (non-hydrogen) atoms. The number of methoxy groups -OCH3 is 1. The quantitative estimate of drug-likeness (QED) is 0.825. The fraction of sp³-hybridized carbons (Fsp3) is 0.417. The summed E-state index contributed by atoms with van der Waals surface area (Å²) in [5.41, 5.74) is 0.929. The van der Waals surface area contributed by atoms with Gasteiger partial charge in [0.25, 0.3) is 0 Å². The normalized spacial score (nSPS) is 11.4. The van der Waals surface area contributed by atoms with E-state index in [9.17, 15) is 4.79 Å². The van der Waals surface area contributed by atoms with Crippen molar-refractivity contribution in [3.05, 3.63) is 35.4 Å². The van der Waals surface area contributed by atoms with E-state index in [1.54, 1.807) is 21.0 Å². The Morgan fingerprint density at radius 2 is 2.13 bits per heavy atom. The second-order valence-electron chi connectivity index (χ2n) is 4.06. The predicted molar refractivity (Wildman–Crippen MR) is 57.8 cm³/mol. The van der Waals surface area contributed by atoms with Gasteiger partial charge in [-0.2, -0.15) is 0 Å². The lowest BCUT2D eigenvalue weighted by Crippen LogP contribution is -2.28. The Balaban J connectivity index is 3.04. The number of benzene rings is 1. The molecule has 0 spiro atoms. The zero-order valence-electron chi connectivity index (χ0n) is 9.28. The SMILES string of the molecule is COCc1cccc(C(C)(C)C(=O)O)c1. The summed E-state index contributed by atoms with van der Waals surface area (Å²) in [6.45, 7) is 3.89. The minimum Gasteiger partial charge on any atom is -0.481 e. The number of carbonyl (C=O) groups is 1. The van der Waals surface area contributed by atoms with Gasteiger partial charge in [-0.05, 0) is 25.0 Å². The number of carboxylic acids is 1. The summed E-state index contributed by atoms with van der Waals surface area (Å²) in [6, 6.07) is 7.48.